The van der Waals surface area contributed by atoms with Gasteiger partial charge in [0, 0.05) is 11.1 Å². The number of hydrogen-bond donors (Lipinski definition) is 0. The molecule has 0 atom stereocenters. The molecule has 0 saturated heterocycles. The number of aliphatic carboxylic acids is 1. The van der Waals surface area contributed by atoms with Gasteiger partial charge in [-0.3, -0.25) is 0 Å². The Balaban J connectivity index is 2.83. The summed E-state index contributed by atoms with van der Waals surface area (Å²) in [6.45, 7) is 0. The van der Waals surface area contributed by atoms with Crippen LogP contribution >= 0.6 is 27.7 Å². The standard InChI is InChI=1S/C5H9BrO2S/c6-2-1-3-9-4-5(7)8/h1-4H2,(H,7,8)/p-1. The van der Waals surface area contributed by atoms with E-state index in [1.54, 1.807) is 0 Å². The molecule has 0 spiro atoms. The van der Waals surface area contributed by atoms with Crippen molar-refractivity contribution in [2.75, 3.05) is 16.8 Å². The van der Waals surface area contributed by atoms with Crippen molar-refractivity contribution in [1.29, 1.82) is 0 Å². The molecule has 0 amide bonds. The van der Waals surface area contributed by atoms with Crippen molar-refractivity contribution in [3.05, 3.63) is 0 Å². The SMILES string of the molecule is O=C([O-])CSCCCBr. The molecule has 54 valence electrons. The summed E-state index contributed by atoms with van der Waals surface area (Å²) in [7, 11) is 0. The van der Waals surface area contributed by atoms with Gasteiger partial charge >= 0.3 is 0 Å². The fourth-order valence-electron chi connectivity index (χ4n) is 0.312. The minimum absolute atomic E-state index is 0.118. The van der Waals surface area contributed by atoms with E-state index in [-0.39, 0.29) is 5.75 Å². The van der Waals surface area contributed by atoms with Crippen molar-refractivity contribution >= 4 is 33.7 Å². The molecule has 0 aliphatic carbocycles. The summed E-state index contributed by atoms with van der Waals surface area (Å²) in [5, 5.41) is 10.8. The molecule has 0 aromatic rings. The highest BCUT2D eigenvalue weighted by Crippen LogP contribution is 2.01. The average molecular weight is 212 g/mol. The van der Waals surface area contributed by atoms with E-state index < -0.39 is 5.97 Å². The van der Waals surface area contributed by atoms with E-state index in [2.05, 4.69) is 15.9 Å². The lowest BCUT2D eigenvalue weighted by molar-refractivity contribution is -0.301. The summed E-state index contributed by atoms with van der Waals surface area (Å²) in [6.07, 6.45) is 1.01. The summed E-state index contributed by atoms with van der Waals surface area (Å²) >= 11 is 4.63. The van der Waals surface area contributed by atoms with Gasteiger partial charge in [-0.05, 0) is 12.2 Å². The van der Waals surface area contributed by atoms with Crippen LogP contribution in [0.25, 0.3) is 0 Å². The minimum Gasteiger partial charge on any atom is -0.549 e. The summed E-state index contributed by atoms with van der Waals surface area (Å²) in [6, 6.07) is 0. The number of thioether (sulfide) groups is 1. The lowest BCUT2D eigenvalue weighted by Gasteiger charge is -1.98. The van der Waals surface area contributed by atoms with Crippen molar-refractivity contribution in [2.45, 2.75) is 6.42 Å². The minimum atomic E-state index is -0.977. The molecule has 0 heterocycles. The molecule has 0 aromatic carbocycles. The highest BCUT2D eigenvalue weighted by molar-refractivity contribution is 9.09. The summed E-state index contributed by atoms with van der Waals surface area (Å²) in [5.41, 5.74) is 0. The van der Waals surface area contributed by atoms with Gasteiger partial charge in [-0.2, -0.15) is 11.8 Å². The highest BCUT2D eigenvalue weighted by atomic mass is 79.9. The Hall–Kier alpha value is 0.300. The van der Waals surface area contributed by atoms with Gasteiger partial charge in [-0.25, -0.2) is 0 Å². The van der Waals surface area contributed by atoms with Gasteiger partial charge in [0.15, 0.2) is 0 Å². The zero-order valence-corrected chi connectivity index (χ0v) is 7.33. The van der Waals surface area contributed by atoms with Gasteiger partial charge in [0.25, 0.3) is 0 Å². The third kappa shape index (κ3) is 8.30. The van der Waals surface area contributed by atoms with Crippen LogP contribution in [0.5, 0.6) is 0 Å². The van der Waals surface area contributed by atoms with Gasteiger partial charge in [-0.1, -0.05) is 15.9 Å². The Kier molecular flexibility index (Phi) is 6.63. The van der Waals surface area contributed by atoms with Crippen molar-refractivity contribution in [3.8, 4) is 0 Å². The first-order chi connectivity index (χ1) is 4.27. The van der Waals surface area contributed by atoms with Crippen LogP contribution in [-0.4, -0.2) is 22.8 Å². The Labute approximate surface area is 67.1 Å². The molecule has 0 unspecified atom stereocenters. The molecule has 0 rings (SSSR count). The van der Waals surface area contributed by atoms with E-state index in [1.807, 2.05) is 0 Å². The molecule has 4 heteroatoms. The molecule has 0 bridgehead atoms. The van der Waals surface area contributed by atoms with E-state index >= 15 is 0 Å². The largest absolute Gasteiger partial charge is 0.549 e. The summed E-state index contributed by atoms with van der Waals surface area (Å²) in [5.74, 6) is 0.0289. The first-order valence-corrected chi connectivity index (χ1v) is 4.88. The fourth-order valence-corrected chi connectivity index (χ4v) is 1.62. The maximum atomic E-state index is 9.82. The number of carboxylic acids is 1. The van der Waals surface area contributed by atoms with E-state index in [0.29, 0.717) is 0 Å². The van der Waals surface area contributed by atoms with Gasteiger partial charge in [0.1, 0.15) is 0 Å². The van der Waals surface area contributed by atoms with Gasteiger partial charge < -0.3 is 9.90 Å². The lowest BCUT2D eigenvalue weighted by atomic mass is 10.6. The molecule has 9 heavy (non-hydrogen) atoms. The molecule has 2 nitrogen and oxygen atoms in total. The lowest BCUT2D eigenvalue weighted by Crippen LogP contribution is -2.24. The molecular weight excluding hydrogens is 204 g/mol. The molecular formula is C5H8BrO2S-. The van der Waals surface area contributed by atoms with E-state index in [0.717, 1.165) is 17.5 Å². The Morgan fingerprint density at radius 2 is 2.33 bits per heavy atom. The maximum absolute atomic E-state index is 9.82. The molecule has 0 fully saturated rings. The predicted octanol–water partition coefficient (Wildman–Crippen LogP) is 0.254. The maximum Gasteiger partial charge on any atom is 0.0513 e. The van der Waals surface area contributed by atoms with E-state index in [9.17, 15) is 9.90 Å². The first-order valence-electron chi connectivity index (χ1n) is 2.61. The second-order valence-electron chi connectivity index (χ2n) is 1.47. The average Bonchev–Trinajstić information content (AvgIpc) is 1.80. The van der Waals surface area contributed by atoms with E-state index in [1.165, 1.54) is 11.8 Å². The summed E-state index contributed by atoms with van der Waals surface area (Å²) < 4.78 is 0. The predicted molar refractivity (Wildman–Crippen MR) is 40.7 cm³/mol. The van der Waals surface area contributed by atoms with Crippen LogP contribution in [0.1, 0.15) is 6.42 Å². The van der Waals surface area contributed by atoms with Crippen molar-refractivity contribution in [2.24, 2.45) is 0 Å². The van der Waals surface area contributed by atoms with Crippen LogP contribution in [0.4, 0.5) is 0 Å². The number of carbonyl (C=O) groups is 1. The Bertz CT molecular complexity index is 87.0. The number of alkyl halides is 1. The zero-order chi connectivity index (χ0) is 7.11. The smallest absolute Gasteiger partial charge is 0.0513 e. The van der Waals surface area contributed by atoms with Gasteiger partial charge in [-0.15, -0.1) is 0 Å². The molecule has 0 N–H and O–H groups in total. The van der Waals surface area contributed by atoms with Crippen molar-refractivity contribution in [1.82, 2.24) is 0 Å². The highest BCUT2D eigenvalue weighted by Gasteiger charge is 1.87. The zero-order valence-electron chi connectivity index (χ0n) is 4.93. The number of hydrogen-bond acceptors (Lipinski definition) is 3. The van der Waals surface area contributed by atoms with Crippen molar-refractivity contribution in [3.63, 3.8) is 0 Å². The van der Waals surface area contributed by atoms with Crippen LogP contribution in [0.2, 0.25) is 0 Å². The van der Waals surface area contributed by atoms with Crippen LogP contribution < -0.4 is 5.11 Å². The Morgan fingerprint density at radius 3 is 2.78 bits per heavy atom. The number of carbonyl (C=O) groups excluding carboxylic acids is 1. The normalized spacial score (nSPS) is 9.44. The summed E-state index contributed by atoms with van der Waals surface area (Å²) in [4.78, 5) is 9.82. The number of halogens is 1. The first kappa shape index (κ1) is 9.30. The number of carboxylic acid groups (broad SMARTS) is 1. The van der Waals surface area contributed by atoms with Gasteiger partial charge in [0.05, 0.1) is 5.97 Å². The topological polar surface area (TPSA) is 40.1 Å². The fraction of sp³-hybridized carbons (Fsp3) is 0.800. The Morgan fingerprint density at radius 1 is 1.67 bits per heavy atom. The molecule has 0 aromatic heterocycles. The van der Waals surface area contributed by atoms with Crippen molar-refractivity contribution < 1.29 is 9.90 Å². The molecule has 0 radical (unpaired) electrons. The molecule has 0 aliphatic heterocycles. The van der Waals surface area contributed by atoms with Crippen LogP contribution in [0, 0.1) is 0 Å². The van der Waals surface area contributed by atoms with Gasteiger partial charge in [0.2, 0.25) is 0 Å². The monoisotopic (exact) mass is 211 g/mol. The molecule has 0 aliphatic rings. The number of rotatable bonds is 5. The van der Waals surface area contributed by atoms with Crippen LogP contribution in [0.15, 0.2) is 0 Å². The van der Waals surface area contributed by atoms with Crippen LogP contribution in [-0.2, 0) is 4.79 Å². The van der Waals surface area contributed by atoms with Crippen LogP contribution in [0.3, 0.4) is 0 Å². The third-order valence-electron chi connectivity index (χ3n) is 0.642. The second kappa shape index (κ2) is 6.42. The molecule has 0 saturated carbocycles. The third-order valence-corrected chi connectivity index (χ3v) is 2.22. The van der Waals surface area contributed by atoms with E-state index in [4.69, 9.17) is 0 Å². The quantitative estimate of drug-likeness (QED) is 0.484. The second-order valence-corrected chi connectivity index (χ2v) is 3.37.